The van der Waals surface area contributed by atoms with E-state index >= 15 is 0 Å². The van der Waals surface area contributed by atoms with Crippen molar-refractivity contribution in [3.63, 3.8) is 0 Å². The number of hydrogen-bond acceptors (Lipinski definition) is 3. The summed E-state index contributed by atoms with van der Waals surface area (Å²) in [7, 11) is 0. The fourth-order valence-electron chi connectivity index (χ4n) is 4.59. The van der Waals surface area contributed by atoms with Crippen LogP contribution < -0.4 is 4.90 Å². The molecule has 1 fully saturated rings. The minimum Gasteiger partial charge on any atom is -0.378 e. The van der Waals surface area contributed by atoms with Gasteiger partial charge in [-0.05, 0) is 47.9 Å². The van der Waals surface area contributed by atoms with Crippen molar-refractivity contribution >= 4 is 40.5 Å². The SMILES string of the molecule is CCC(c1ccccc1)C(O)N1CCN(c2ccc(Cl)cc2Cl)C(c2ccc(Cl)cc2)C1. The van der Waals surface area contributed by atoms with Crippen LogP contribution in [-0.4, -0.2) is 35.9 Å². The van der Waals surface area contributed by atoms with E-state index in [-0.39, 0.29) is 12.0 Å². The average molecular weight is 490 g/mol. The van der Waals surface area contributed by atoms with Crippen LogP contribution in [0.5, 0.6) is 0 Å². The van der Waals surface area contributed by atoms with Crippen LogP contribution in [-0.2, 0) is 0 Å². The first-order valence-corrected chi connectivity index (χ1v) is 12.1. The van der Waals surface area contributed by atoms with E-state index in [2.05, 4.69) is 28.9 Å². The Morgan fingerprint density at radius 3 is 2.25 bits per heavy atom. The van der Waals surface area contributed by atoms with E-state index in [1.807, 2.05) is 54.6 Å². The second-order valence-electron chi connectivity index (χ2n) is 8.19. The molecule has 3 aromatic carbocycles. The van der Waals surface area contributed by atoms with E-state index in [4.69, 9.17) is 34.8 Å². The van der Waals surface area contributed by atoms with Gasteiger partial charge in [0.05, 0.1) is 16.8 Å². The Balaban J connectivity index is 1.64. The number of hydrogen-bond donors (Lipinski definition) is 1. The topological polar surface area (TPSA) is 26.7 Å². The lowest BCUT2D eigenvalue weighted by molar-refractivity contribution is -0.0284. The third-order valence-electron chi connectivity index (χ3n) is 6.29. The number of piperazine rings is 1. The maximum absolute atomic E-state index is 11.4. The summed E-state index contributed by atoms with van der Waals surface area (Å²) in [5.41, 5.74) is 3.24. The van der Waals surface area contributed by atoms with E-state index in [0.717, 1.165) is 36.3 Å². The first kappa shape index (κ1) is 23.4. The number of anilines is 1. The maximum atomic E-state index is 11.4. The van der Waals surface area contributed by atoms with Crippen molar-refractivity contribution < 1.29 is 5.11 Å². The molecule has 0 bridgehead atoms. The molecule has 3 unspecified atom stereocenters. The molecule has 4 rings (SSSR count). The smallest absolute Gasteiger partial charge is 0.114 e. The van der Waals surface area contributed by atoms with Crippen LogP contribution >= 0.6 is 34.8 Å². The highest BCUT2D eigenvalue weighted by Gasteiger charge is 2.35. The van der Waals surface area contributed by atoms with Crippen molar-refractivity contribution in [2.45, 2.75) is 31.5 Å². The molecule has 0 spiro atoms. The fraction of sp³-hybridized carbons (Fsp3) is 0.308. The van der Waals surface area contributed by atoms with Crippen LogP contribution in [0.3, 0.4) is 0 Å². The highest BCUT2D eigenvalue weighted by Crippen LogP contribution is 2.38. The van der Waals surface area contributed by atoms with Gasteiger partial charge in [0.25, 0.3) is 0 Å². The van der Waals surface area contributed by atoms with Crippen LogP contribution in [0.1, 0.15) is 36.4 Å². The molecular formula is C26H27Cl3N2O. The molecule has 1 aliphatic heterocycles. The van der Waals surface area contributed by atoms with Gasteiger partial charge in [0, 0.05) is 35.6 Å². The van der Waals surface area contributed by atoms with Crippen LogP contribution in [0.15, 0.2) is 72.8 Å². The first-order chi connectivity index (χ1) is 15.5. The Labute approximate surface area is 205 Å². The van der Waals surface area contributed by atoms with Gasteiger partial charge in [-0.1, -0.05) is 84.2 Å². The molecule has 32 heavy (non-hydrogen) atoms. The molecule has 3 nitrogen and oxygen atoms in total. The zero-order valence-corrected chi connectivity index (χ0v) is 20.2. The van der Waals surface area contributed by atoms with E-state index in [1.165, 1.54) is 0 Å². The summed E-state index contributed by atoms with van der Waals surface area (Å²) < 4.78 is 0. The molecule has 0 saturated carbocycles. The predicted molar refractivity (Wildman–Crippen MR) is 135 cm³/mol. The van der Waals surface area contributed by atoms with Gasteiger partial charge in [0.15, 0.2) is 0 Å². The van der Waals surface area contributed by atoms with Crippen molar-refractivity contribution in [3.8, 4) is 0 Å². The number of benzene rings is 3. The molecule has 3 aromatic rings. The summed E-state index contributed by atoms with van der Waals surface area (Å²) >= 11 is 18.9. The van der Waals surface area contributed by atoms with E-state index in [0.29, 0.717) is 21.6 Å². The third-order valence-corrected chi connectivity index (χ3v) is 7.08. The molecule has 0 amide bonds. The standard InChI is InChI=1S/C26H27Cl3N2O/c1-2-22(18-6-4-3-5-7-18)26(32)30-14-15-31(24-13-12-21(28)16-23(24)29)25(17-30)19-8-10-20(27)11-9-19/h3-13,16,22,25-26,32H,2,14-15,17H2,1H3. The first-order valence-electron chi connectivity index (χ1n) is 10.9. The highest BCUT2D eigenvalue weighted by atomic mass is 35.5. The van der Waals surface area contributed by atoms with Crippen LogP contribution in [0.25, 0.3) is 0 Å². The number of aliphatic hydroxyl groups excluding tert-OH is 1. The molecule has 6 heteroatoms. The van der Waals surface area contributed by atoms with Crippen LogP contribution in [0.4, 0.5) is 5.69 Å². The zero-order valence-electron chi connectivity index (χ0n) is 18.0. The molecule has 0 aromatic heterocycles. The van der Waals surface area contributed by atoms with Crippen LogP contribution in [0.2, 0.25) is 15.1 Å². The van der Waals surface area contributed by atoms with E-state index in [1.54, 1.807) is 6.07 Å². The summed E-state index contributed by atoms with van der Waals surface area (Å²) in [6, 6.07) is 23.8. The van der Waals surface area contributed by atoms with Gasteiger partial charge < -0.3 is 10.0 Å². The van der Waals surface area contributed by atoms with Gasteiger partial charge in [0.2, 0.25) is 0 Å². The van der Waals surface area contributed by atoms with E-state index < -0.39 is 6.23 Å². The third kappa shape index (κ3) is 5.08. The number of aliphatic hydroxyl groups is 1. The minimum absolute atomic E-state index is 0.0163. The molecule has 0 radical (unpaired) electrons. The molecule has 0 aliphatic carbocycles. The molecular weight excluding hydrogens is 463 g/mol. The molecule has 1 heterocycles. The monoisotopic (exact) mass is 488 g/mol. The lowest BCUT2D eigenvalue weighted by Gasteiger charge is -2.46. The van der Waals surface area contributed by atoms with Crippen LogP contribution in [0, 0.1) is 0 Å². The minimum atomic E-state index is -0.569. The Morgan fingerprint density at radius 2 is 1.59 bits per heavy atom. The number of halogens is 3. The summed E-state index contributed by atoms with van der Waals surface area (Å²) in [5.74, 6) is 0.0488. The summed E-state index contributed by atoms with van der Waals surface area (Å²) in [6.07, 6.45) is 0.292. The molecule has 1 saturated heterocycles. The Hall–Kier alpha value is -1.75. The van der Waals surface area contributed by atoms with Gasteiger partial charge in [-0.25, -0.2) is 0 Å². The number of nitrogens with zero attached hydrogens (tertiary/aromatic N) is 2. The molecule has 1 N–H and O–H groups in total. The van der Waals surface area contributed by atoms with Gasteiger partial charge in [-0.3, -0.25) is 4.90 Å². The Kier molecular flexibility index (Phi) is 7.65. The van der Waals surface area contributed by atoms with Crippen molar-refractivity contribution in [1.29, 1.82) is 0 Å². The molecule has 168 valence electrons. The number of rotatable bonds is 6. The Morgan fingerprint density at radius 1 is 0.906 bits per heavy atom. The van der Waals surface area contributed by atoms with Crippen molar-refractivity contribution in [1.82, 2.24) is 4.90 Å². The lowest BCUT2D eigenvalue weighted by atomic mass is 9.92. The summed E-state index contributed by atoms with van der Waals surface area (Å²) in [6.45, 7) is 4.26. The highest BCUT2D eigenvalue weighted by molar-refractivity contribution is 6.36. The predicted octanol–water partition coefficient (Wildman–Crippen LogP) is 7.02. The Bertz CT molecular complexity index is 1030. The quantitative estimate of drug-likeness (QED) is 0.403. The molecule has 3 atom stereocenters. The van der Waals surface area contributed by atoms with Crippen molar-refractivity contribution in [2.75, 3.05) is 24.5 Å². The van der Waals surface area contributed by atoms with Gasteiger partial charge in [-0.2, -0.15) is 0 Å². The molecule has 1 aliphatic rings. The second-order valence-corrected chi connectivity index (χ2v) is 9.47. The van der Waals surface area contributed by atoms with Gasteiger partial charge >= 0.3 is 0 Å². The zero-order chi connectivity index (χ0) is 22.7. The largest absolute Gasteiger partial charge is 0.378 e. The van der Waals surface area contributed by atoms with Crippen molar-refractivity contribution in [2.24, 2.45) is 0 Å². The fourth-order valence-corrected chi connectivity index (χ4v) is 5.23. The average Bonchev–Trinajstić information content (AvgIpc) is 2.80. The van der Waals surface area contributed by atoms with Gasteiger partial charge in [0.1, 0.15) is 6.23 Å². The van der Waals surface area contributed by atoms with Crippen molar-refractivity contribution in [3.05, 3.63) is 99.0 Å². The normalized spacial score (nSPS) is 19.0. The summed E-state index contributed by atoms with van der Waals surface area (Å²) in [4.78, 5) is 4.48. The second kappa shape index (κ2) is 10.5. The summed E-state index contributed by atoms with van der Waals surface area (Å²) in [5, 5.41) is 13.3. The lowest BCUT2D eigenvalue weighted by Crippen LogP contribution is -2.53. The maximum Gasteiger partial charge on any atom is 0.114 e. The van der Waals surface area contributed by atoms with E-state index in [9.17, 15) is 5.11 Å². The van der Waals surface area contributed by atoms with Gasteiger partial charge in [-0.15, -0.1) is 0 Å².